The van der Waals surface area contributed by atoms with Gasteiger partial charge in [-0.2, -0.15) is 0 Å². The lowest BCUT2D eigenvalue weighted by Crippen LogP contribution is -2.33. The van der Waals surface area contributed by atoms with Gasteiger partial charge >= 0.3 is 11.9 Å². The fraction of sp³-hybridized carbons (Fsp3) is 0.951. The third-order valence-corrected chi connectivity index (χ3v) is 10.3. The average molecular weight is 716 g/mol. The summed E-state index contributed by atoms with van der Waals surface area (Å²) in [5.74, 6) is -0.125. The normalized spacial score (nSPS) is 12.2. The summed E-state index contributed by atoms with van der Waals surface area (Å²) in [5.41, 5.74) is 0. The molecule has 292 valence electrons. The molecule has 49 heavy (non-hydrogen) atoms. The van der Waals surface area contributed by atoms with E-state index in [0.717, 1.165) is 115 Å². The Morgan fingerprint density at radius 1 is 0.571 bits per heavy atom. The van der Waals surface area contributed by atoms with Crippen molar-refractivity contribution in [2.24, 2.45) is 0 Å². The van der Waals surface area contributed by atoms with Gasteiger partial charge in [0.15, 0.2) is 0 Å². The summed E-state index contributed by atoms with van der Waals surface area (Å²) in [6.45, 7) is 9.88. The van der Waals surface area contributed by atoms with E-state index in [1.807, 2.05) is 0 Å². The number of hydrogen-bond donors (Lipinski definition) is 2. The molecular formula is C41H81NO6S. The molecule has 1 unspecified atom stereocenters. The van der Waals surface area contributed by atoms with Crippen LogP contribution in [0.1, 0.15) is 207 Å². The number of carbonyl (C=O) groups excluding carboxylic acids is 2. The molecule has 0 aliphatic carbocycles. The number of nitrogens with zero attached hydrogens (tertiary/aromatic N) is 1. The maximum absolute atomic E-state index is 12.8. The lowest BCUT2D eigenvalue weighted by molar-refractivity contribution is -0.150. The highest BCUT2D eigenvalue weighted by molar-refractivity contribution is 7.94. The van der Waals surface area contributed by atoms with Gasteiger partial charge in [0.05, 0.1) is 6.61 Å². The first-order valence-electron chi connectivity index (χ1n) is 21.0. The van der Waals surface area contributed by atoms with Crippen LogP contribution in [0, 0.1) is 0 Å². The SMILES string of the molecule is CCCCCCCCC(CCCCCCCC)OC(=O)CCCCCC(CN(CCCO)CCCCCC(=O)OCCCCCCC)SO. The number of rotatable bonds is 39. The lowest BCUT2D eigenvalue weighted by Gasteiger charge is -2.26. The standard InChI is InChI=1S/C41H81NO6S/c1-4-7-10-13-15-20-28-38(29-21-16-14-11-8-5-2)48-41(45)32-23-18-22-30-39(49-46)37-42(34-27-35-43)33-25-19-24-31-40(44)47-36-26-17-12-9-6-3/h38-39,43,46H,4-37H2,1-3H3. The number of unbranched alkanes of at least 4 members (excludes halogenated alkanes) is 18. The molecule has 0 aliphatic heterocycles. The largest absolute Gasteiger partial charge is 0.466 e. The third kappa shape index (κ3) is 34.0. The van der Waals surface area contributed by atoms with Crippen molar-refractivity contribution in [3.63, 3.8) is 0 Å². The Bertz CT molecular complexity index is 695. The Balaban J connectivity index is 4.35. The molecule has 0 spiro atoms. The Labute approximate surface area is 308 Å². The van der Waals surface area contributed by atoms with Crippen LogP contribution in [0.15, 0.2) is 0 Å². The quantitative estimate of drug-likeness (QED) is 0.0369. The fourth-order valence-corrected chi connectivity index (χ4v) is 6.98. The molecule has 0 aromatic carbocycles. The first-order valence-corrected chi connectivity index (χ1v) is 21.8. The van der Waals surface area contributed by atoms with Gasteiger partial charge in [-0.25, -0.2) is 0 Å². The van der Waals surface area contributed by atoms with Crippen LogP contribution in [0.4, 0.5) is 0 Å². The minimum Gasteiger partial charge on any atom is -0.466 e. The average Bonchev–Trinajstić information content (AvgIpc) is 3.10. The molecule has 8 heteroatoms. The Kier molecular flexibility index (Phi) is 37.8. The van der Waals surface area contributed by atoms with Crippen LogP contribution < -0.4 is 0 Å². The monoisotopic (exact) mass is 716 g/mol. The van der Waals surface area contributed by atoms with E-state index in [2.05, 4.69) is 25.7 Å². The molecule has 1 atom stereocenters. The zero-order valence-electron chi connectivity index (χ0n) is 32.6. The number of aliphatic hydroxyl groups is 1. The molecular weight excluding hydrogens is 635 g/mol. The summed E-state index contributed by atoms with van der Waals surface area (Å²) < 4.78 is 21.4. The van der Waals surface area contributed by atoms with Crippen LogP contribution >= 0.6 is 12.0 Å². The number of hydrogen-bond acceptors (Lipinski definition) is 8. The van der Waals surface area contributed by atoms with E-state index in [-0.39, 0.29) is 29.9 Å². The molecule has 0 amide bonds. The molecule has 0 aromatic heterocycles. The number of ether oxygens (including phenoxy) is 2. The number of aliphatic hydroxyl groups excluding tert-OH is 1. The molecule has 0 radical (unpaired) electrons. The second kappa shape index (κ2) is 38.4. The van der Waals surface area contributed by atoms with E-state index in [9.17, 15) is 19.2 Å². The maximum Gasteiger partial charge on any atom is 0.306 e. The smallest absolute Gasteiger partial charge is 0.306 e. The van der Waals surface area contributed by atoms with E-state index in [4.69, 9.17) is 9.47 Å². The molecule has 0 rings (SSSR count). The molecule has 0 saturated heterocycles. The molecule has 2 N–H and O–H groups in total. The predicted molar refractivity (Wildman–Crippen MR) is 209 cm³/mol. The number of esters is 2. The molecule has 7 nitrogen and oxygen atoms in total. The van der Waals surface area contributed by atoms with Crippen LogP contribution in [0.2, 0.25) is 0 Å². The maximum atomic E-state index is 12.8. The summed E-state index contributed by atoms with van der Waals surface area (Å²) in [4.78, 5) is 27.1. The van der Waals surface area contributed by atoms with Crippen molar-refractivity contribution in [3.05, 3.63) is 0 Å². The summed E-state index contributed by atoms with van der Waals surface area (Å²) in [6.07, 6.45) is 31.1. The van der Waals surface area contributed by atoms with Crippen molar-refractivity contribution in [1.29, 1.82) is 0 Å². The van der Waals surface area contributed by atoms with Crippen LogP contribution in [0.3, 0.4) is 0 Å². The zero-order chi connectivity index (χ0) is 36.0. The lowest BCUT2D eigenvalue weighted by atomic mass is 10.0. The van der Waals surface area contributed by atoms with Crippen molar-refractivity contribution in [1.82, 2.24) is 4.90 Å². The van der Waals surface area contributed by atoms with Gasteiger partial charge in [-0.3, -0.25) is 9.59 Å². The van der Waals surface area contributed by atoms with Crippen LogP contribution in [-0.4, -0.2) is 70.7 Å². The highest BCUT2D eigenvalue weighted by Crippen LogP contribution is 2.20. The van der Waals surface area contributed by atoms with Crippen molar-refractivity contribution < 1.29 is 28.7 Å². The second-order valence-electron chi connectivity index (χ2n) is 14.4. The van der Waals surface area contributed by atoms with Gasteiger partial charge in [-0.1, -0.05) is 130 Å². The summed E-state index contributed by atoms with van der Waals surface area (Å²) >= 11 is 0.936. The number of carbonyl (C=O) groups is 2. The van der Waals surface area contributed by atoms with Crippen molar-refractivity contribution in [3.8, 4) is 0 Å². The molecule has 0 saturated carbocycles. The van der Waals surface area contributed by atoms with Gasteiger partial charge in [0.2, 0.25) is 0 Å². The predicted octanol–water partition coefficient (Wildman–Crippen LogP) is 11.7. The van der Waals surface area contributed by atoms with Gasteiger partial charge in [0.1, 0.15) is 6.10 Å². The Morgan fingerprint density at radius 2 is 1.04 bits per heavy atom. The molecule has 0 bridgehead atoms. The summed E-state index contributed by atoms with van der Waals surface area (Å²) in [7, 11) is 0. The molecule has 0 heterocycles. The topological polar surface area (TPSA) is 96.3 Å². The second-order valence-corrected chi connectivity index (χ2v) is 15.3. The third-order valence-electron chi connectivity index (χ3n) is 9.57. The van der Waals surface area contributed by atoms with Crippen molar-refractivity contribution in [2.45, 2.75) is 218 Å². The minimum atomic E-state index is -0.0845. The van der Waals surface area contributed by atoms with Gasteiger partial charge in [0, 0.05) is 37.8 Å². The van der Waals surface area contributed by atoms with E-state index < -0.39 is 0 Å². The fourth-order valence-electron chi connectivity index (χ4n) is 6.43. The summed E-state index contributed by atoms with van der Waals surface area (Å²) in [6, 6.07) is 0. The minimum absolute atomic E-state index is 0.0408. The first kappa shape index (κ1) is 48.2. The van der Waals surface area contributed by atoms with Gasteiger partial charge in [0.25, 0.3) is 0 Å². The molecule has 0 aliphatic rings. The van der Waals surface area contributed by atoms with Crippen LogP contribution in [-0.2, 0) is 19.1 Å². The van der Waals surface area contributed by atoms with Crippen molar-refractivity contribution in [2.75, 3.05) is 32.8 Å². The Morgan fingerprint density at radius 3 is 1.61 bits per heavy atom. The van der Waals surface area contributed by atoms with E-state index in [1.54, 1.807) is 0 Å². The van der Waals surface area contributed by atoms with Crippen LogP contribution in [0.5, 0.6) is 0 Å². The van der Waals surface area contributed by atoms with E-state index in [1.165, 1.54) is 83.5 Å². The molecule has 0 aromatic rings. The van der Waals surface area contributed by atoms with E-state index >= 15 is 0 Å². The van der Waals surface area contributed by atoms with E-state index in [0.29, 0.717) is 25.9 Å². The first-order chi connectivity index (χ1) is 24.0. The van der Waals surface area contributed by atoms with Gasteiger partial charge < -0.3 is 24.0 Å². The zero-order valence-corrected chi connectivity index (χ0v) is 33.4. The highest BCUT2D eigenvalue weighted by atomic mass is 32.2. The van der Waals surface area contributed by atoms with Crippen molar-refractivity contribution >= 4 is 24.0 Å². The summed E-state index contributed by atoms with van der Waals surface area (Å²) in [5, 5.41) is 9.51. The van der Waals surface area contributed by atoms with Gasteiger partial charge in [-0.05, 0) is 82.8 Å². The Hall–Kier alpha value is -0.830. The van der Waals surface area contributed by atoms with Gasteiger partial charge in [-0.15, -0.1) is 0 Å². The van der Waals surface area contributed by atoms with Crippen LogP contribution in [0.25, 0.3) is 0 Å². The highest BCUT2D eigenvalue weighted by Gasteiger charge is 2.17. The molecule has 0 fully saturated rings.